The fraction of sp³-hybridized carbons (Fsp3) is 0.263. The zero-order valence-electron chi connectivity index (χ0n) is 15.3. The van der Waals surface area contributed by atoms with Crippen molar-refractivity contribution in [2.75, 3.05) is 24.5 Å². The van der Waals surface area contributed by atoms with Crippen LogP contribution >= 0.6 is 0 Å². The quantitative estimate of drug-likeness (QED) is 0.542. The number of aryl methyl sites for hydroxylation is 1. The van der Waals surface area contributed by atoms with Gasteiger partial charge >= 0.3 is 5.97 Å². The zero-order valence-corrected chi connectivity index (χ0v) is 16.2. The molecule has 0 aromatic heterocycles. The molecular formula is C19H21N3O5S. The summed E-state index contributed by atoms with van der Waals surface area (Å²) in [5.41, 5.74) is 2.59. The summed E-state index contributed by atoms with van der Waals surface area (Å²) in [6.07, 6.45) is 0.536. The van der Waals surface area contributed by atoms with Gasteiger partial charge in [-0.2, -0.15) is 0 Å². The first-order valence-corrected chi connectivity index (χ1v) is 10.2. The van der Waals surface area contributed by atoms with Crippen molar-refractivity contribution < 1.29 is 22.7 Å². The van der Waals surface area contributed by atoms with Gasteiger partial charge in [0.1, 0.15) is 6.54 Å². The van der Waals surface area contributed by atoms with Crippen LogP contribution in [-0.4, -0.2) is 39.9 Å². The van der Waals surface area contributed by atoms with Crippen molar-refractivity contribution in [2.24, 2.45) is 5.14 Å². The summed E-state index contributed by atoms with van der Waals surface area (Å²) in [6, 6.07) is 11.6. The van der Waals surface area contributed by atoms with Gasteiger partial charge in [0.25, 0.3) is 0 Å². The van der Waals surface area contributed by atoms with Crippen LogP contribution in [0.5, 0.6) is 5.75 Å². The number of ether oxygens (including phenoxy) is 1. The number of nitrogens with one attached hydrogen (secondary N) is 1. The number of primary sulfonamides is 1. The Labute approximate surface area is 163 Å². The summed E-state index contributed by atoms with van der Waals surface area (Å²) in [4.78, 5) is 25.8. The van der Waals surface area contributed by atoms with Crippen molar-refractivity contribution in [3.8, 4) is 5.75 Å². The molecule has 1 aliphatic rings. The number of esters is 1. The summed E-state index contributed by atoms with van der Waals surface area (Å²) >= 11 is 0. The molecule has 0 fully saturated rings. The molecule has 0 bridgehead atoms. The molecule has 148 valence electrons. The second-order valence-corrected chi connectivity index (χ2v) is 8.15. The van der Waals surface area contributed by atoms with Crippen LogP contribution in [0.15, 0.2) is 47.4 Å². The van der Waals surface area contributed by atoms with E-state index >= 15 is 0 Å². The minimum Gasteiger partial charge on any atom is -0.423 e. The molecule has 1 amide bonds. The molecule has 0 saturated carbocycles. The Bertz CT molecular complexity index is 1000. The third-order valence-electron chi connectivity index (χ3n) is 4.32. The van der Waals surface area contributed by atoms with Crippen LogP contribution < -0.4 is 20.1 Å². The van der Waals surface area contributed by atoms with Crippen molar-refractivity contribution in [1.82, 2.24) is 5.32 Å². The van der Waals surface area contributed by atoms with Crippen molar-refractivity contribution >= 4 is 27.6 Å². The minimum atomic E-state index is -3.71. The molecule has 0 spiro atoms. The number of nitrogens with zero attached hydrogens (tertiary/aromatic N) is 1. The van der Waals surface area contributed by atoms with Crippen molar-refractivity contribution in [2.45, 2.75) is 18.2 Å². The normalized spacial score (nSPS) is 13.6. The number of rotatable bonds is 6. The highest BCUT2D eigenvalue weighted by Crippen LogP contribution is 2.32. The van der Waals surface area contributed by atoms with Crippen molar-refractivity contribution in [3.63, 3.8) is 0 Å². The number of fused-ring (bicyclic) bond motifs is 1. The molecule has 28 heavy (non-hydrogen) atoms. The van der Waals surface area contributed by atoms with Crippen LogP contribution in [0, 0.1) is 6.92 Å². The van der Waals surface area contributed by atoms with Gasteiger partial charge in [-0.05, 0) is 48.7 Å². The van der Waals surface area contributed by atoms with Crippen LogP contribution in [0.4, 0.5) is 5.69 Å². The number of amides is 1. The minimum absolute atomic E-state index is 0.0128. The molecule has 1 heterocycles. The summed E-state index contributed by atoms with van der Waals surface area (Å²) in [7, 11) is -3.71. The Balaban J connectivity index is 1.55. The van der Waals surface area contributed by atoms with Crippen LogP contribution in [-0.2, 0) is 26.0 Å². The van der Waals surface area contributed by atoms with E-state index in [0.29, 0.717) is 24.4 Å². The van der Waals surface area contributed by atoms with E-state index in [9.17, 15) is 18.0 Å². The molecular weight excluding hydrogens is 382 g/mol. The highest BCUT2D eigenvalue weighted by atomic mass is 32.2. The molecule has 9 heteroatoms. The first-order valence-electron chi connectivity index (χ1n) is 8.67. The van der Waals surface area contributed by atoms with E-state index in [1.54, 1.807) is 23.1 Å². The molecule has 0 aliphatic carbocycles. The third kappa shape index (κ3) is 4.87. The van der Waals surface area contributed by atoms with Crippen LogP contribution in [0.3, 0.4) is 0 Å². The van der Waals surface area contributed by atoms with Crippen LogP contribution in [0.2, 0.25) is 0 Å². The Morgan fingerprint density at radius 3 is 2.61 bits per heavy atom. The fourth-order valence-electron chi connectivity index (χ4n) is 2.92. The first-order chi connectivity index (χ1) is 13.2. The highest BCUT2D eigenvalue weighted by molar-refractivity contribution is 7.89. The van der Waals surface area contributed by atoms with Crippen molar-refractivity contribution in [1.29, 1.82) is 0 Å². The van der Waals surface area contributed by atoms with Gasteiger partial charge in [0.05, 0.1) is 17.1 Å². The molecule has 1 aliphatic heterocycles. The number of anilines is 1. The van der Waals surface area contributed by atoms with Gasteiger partial charge in [-0.15, -0.1) is 0 Å². The average molecular weight is 403 g/mol. The van der Waals surface area contributed by atoms with Crippen LogP contribution in [0.25, 0.3) is 0 Å². The van der Waals surface area contributed by atoms with E-state index in [4.69, 9.17) is 9.88 Å². The number of hydrogen-bond donors (Lipinski definition) is 2. The monoisotopic (exact) mass is 403 g/mol. The van der Waals surface area contributed by atoms with E-state index < -0.39 is 16.0 Å². The molecule has 0 saturated heterocycles. The maximum Gasteiger partial charge on any atom is 0.331 e. The molecule has 0 radical (unpaired) electrons. The average Bonchev–Trinajstić information content (AvgIpc) is 2.62. The van der Waals surface area contributed by atoms with E-state index in [-0.39, 0.29) is 23.9 Å². The van der Waals surface area contributed by atoms with Gasteiger partial charge < -0.3 is 15.0 Å². The van der Waals surface area contributed by atoms with Gasteiger partial charge in [-0.3, -0.25) is 4.79 Å². The second-order valence-electron chi connectivity index (χ2n) is 6.59. The molecule has 3 rings (SSSR count). The van der Waals surface area contributed by atoms with E-state index in [1.165, 1.54) is 12.1 Å². The zero-order chi connectivity index (χ0) is 20.3. The Morgan fingerprint density at radius 1 is 1.21 bits per heavy atom. The SMILES string of the molecule is Cc1ccc2c(c1)N(CC(=O)NCCc1ccc(S(N)(=O)=O)cc1)CC(=O)O2. The lowest BCUT2D eigenvalue weighted by Gasteiger charge is -2.29. The number of benzene rings is 2. The summed E-state index contributed by atoms with van der Waals surface area (Å²) in [5.74, 6) is -0.174. The number of hydrogen-bond acceptors (Lipinski definition) is 6. The summed E-state index contributed by atoms with van der Waals surface area (Å²) in [6.45, 7) is 2.36. The summed E-state index contributed by atoms with van der Waals surface area (Å²) < 4.78 is 27.7. The summed E-state index contributed by atoms with van der Waals surface area (Å²) in [5, 5.41) is 7.87. The molecule has 2 aromatic carbocycles. The smallest absolute Gasteiger partial charge is 0.331 e. The van der Waals surface area contributed by atoms with Crippen molar-refractivity contribution in [3.05, 3.63) is 53.6 Å². The largest absolute Gasteiger partial charge is 0.423 e. The topological polar surface area (TPSA) is 119 Å². The maximum absolute atomic E-state index is 12.3. The molecule has 3 N–H and O–H groups in total. The number of sulfonamides is 1. The van der Waals surface area contributed by atoms with Gasteiger partial charge in [0.15, 0.2) is 5.75 Å². The number of nitrogens with two attached hydrogens (primary N) is 1. The Kier molecular flexibility index (Phi) is 5.66. The maximum atomic E-state index is 12.3. The van der Waals surface area contributed by atoms with E-state index in [0.717, 1.165) is 11.1 Å². The van der Waals surface area contributed by atoms with Gasteiger partial charge in [-0.25, -0.2) is 18.4 Å². The Morgan fingerprint density at radius 2 is 1.93 bits per heavy atom. The molecule has 0 unspecified atom stereocenters. The van der Waals surface area contributed by atoms with E-state index in [1.807, 2.05) is 19.1 Å². The highest BCUT2D eigenvalue weighted by Gasteiger charge is 2.25. The lowest BCUT2D eigenvalue weighted by atomic mass is 10.1. The molecule has 0 atom stereocenters. The van der Waals surface area contributed by atoms with Gasteiger partial charge in [0, 0.05) is 6.54 Å². The van der Waals surface area contributed by atoms with Gasteiger partial charge in [-0.1, -0.05) is 18.2 Å². The number of carbonyl (C=O) groups excluding carboxylic acids is 2. The predicted molar refractivity (Wildman–Crippen MR) is 104 cm³/mol. The standard InChI is InChI=1S/C19H21N3O5S/c1-13-2-7-17-16(10-13)22(12-19(24)27-17)11-18(23)21-9-8-14-3-5-15(6-4-14)28(20,25)26/h2-7,10H,8-9,11-12H2,1H3,(H,21,23)(H2,20,25,26). The lowest BCUT2D eigenvalue weighted by Crippen LogP contribution is -2.43. The second kappa shape index (κ2) is 7.99. The predicted octanol–water partition coefficient (Wildman–Crippen LogP) is 0.727. The lowest BCUT2D eigenvalue weighted by molar-refractivity contribution is -0.133. The number of carbonyl (C=O) groups is 2. The molecule has 2 aromatic rings. The van der Waals surface area contributed by atoms with E-state index in [2.05, 4.69) is 5.32 Å². The molecule has 8 nitrogen and oxygen atoms in total. The first kappa shape index (κ1) is 19.8. The van der Waals surface area contributed by atoms with Crippen LogP contribution in [0.1, 0.15) is 11.1 Å². The third-order valence-corrected chi connectivity index (χ3v) is 5.25. The Hall–Kier alpha value is -2.91. The fourth-order valence-corrected chi connectivity index (χ4v) is 3.43. The van der Waals surface area contributed by atoms with Gasteiger partial charge in [0.2, 0.25) is 15.9 Å².